The second-order valence-corrected chi connectivity index (χ2v) is 10.2. The van der Waals surface area contributed by atoms with Crippen LogP contribution in [-0.2, 0) is 26.2 Å². The molecule has 158 valence electrons. The van der Waals surface area contributed by atoms with Crippen LogP contribution in [0.2, 0.25) is 0 Å². The van der Waals surface area contributed by atoms with Gasteiger partial charge in [-0.15, -0.1) is 11.8 Å². The Kier molecular flexibility index (Phi) is 7.34. The summed E-state index contributed by atoms with van der Waals surface area (Å²) in [4.78, 5) is 12.9. The van der Waals surface area contributed by atoms with Crippen molar-refractivity contribution in [2.45, 2.75) is 37.0 Å². The molecule has 7 nitrogen and oxygen atoms in total. The topological polar surface area (TPSA) is 96.8 Å². The molecule has 2 aliphatic heterocycles. The maximum Gasteiger partial charge on any atom is 0.490 e. The maximum absolute atomic E-state index is 11.8. The van der Waals surface area contributed by atoms with E-state index in [1.54, 1.807) is 23.6 Å². The lowest BCUT2D eigenvalue weighted by Gasteiger charge is -2.46. The molecule has 2 fully saturated rings. The van der Waals surface area contributed by atoms with Crippen LogP contribution in [0.15, 0.2) is 24.5 Å². The lowest BCUT2D eigenvalue weighted by Crippen LogP contribution is -2.60. The van der Waals surface area contributed by atoms with Crippen LogP contribution in [0.5, 0.6) is 0 Å². The smallest absolute Gasteiger partial charge is 0.475 e. The minimum absolute atomic E-state index is 0.0884. The second-order valence-electron chi connectivity index (χ2n) is 6.46. The molecule has 1 spiro atoms. The summed E-state index contributed by atoms with van der Waals surface area (Å²) in [7, 11) is -3.03. The number of carbonyl (C=O) groups is 1. The second kappa shape index (κ2) is 8.97. The number of aliphatic carboxylic acids is 1. The number of halogens is 3. The van der Waals surface area contributed by atoms with Gasteiger partial charge in [-0.3, -0.25) is 4.98 Å². The van der Waals surface area contributed by atoms with E-state index in [-0.39, 0.29) is 16.6 Å². The van der Waals surface area contributed by atoms with Crippen LogP contribution >= 0.6 is 11.8 Å². The zero-order chi connectivity index (χ0) is 21.0. The minimum atomic E-state index is -5.08. The SMILES string of the molecule is CCS(=O)(=O)N1CC2(CC(OCc3ccncc3)CS2)C1.O=C(O)C(F)(F)F. The molecule has 2 saturated heterocycles. The van der Waals surface area contributed by atoms with Gasteiger partial charge in [0.1, 0.15) is 0 Å². The van der Waals surface area contributed by atoms with Gasteiger partial charge < -0.3 is 9.84 Å². The Morgan fingerprint density at radius 2 is 1.96 bits per heavy atom. The molecule has 2 aliphatic rings. The summed E-state index contributed by atoms with van der Waals surface area (Å²) in [5.41, 5.74) is 1.12. The van der Waals surface area contributed by atoms with E-state index < -0.39 is 22.2 Å². The summed E-state index contributed by atoms with van der Waals surface area (Å²) in [6, 6.07) is 3.91. The molecule has 28 heavy (non-hydrogen) atoms. The fourth-order valence-electron chi connectivity index (χ4n) is 2.80. The predicted octanol–water partition coefficient (Wildman–Crippen LogP) is 2.14. The first-order valence-electron chi connectivity index (χ1n) is 8.40. The molecule has 1 aromatic rings. The van der Waals surface area contributed by atoms with Gasteiger partial charge in [-0.05, 0) is 31.0 Å². The quantitative estimate of drug-likeness (QED) is 0.746. The van der Waals surface area contributed by atoms with E-state index in [2.05, 4.69) is 4.98 Å². The standard InChI is InChI=1S/C14H20N2O3S2.C2HF3O2/c1-2-21(17,18)16-10-14(11-16)7-13(9-20-14)19-8-12-3-5-15-6-4-12;3-2(4,5)1(6)7/h3-6,13H,2,7-11H2,1H3;(H,6,7). The minimum Gasteiger partial charge on any atom is -0.475 e. The van der Waals surface area contributed by atoms with Crippen molar-refractivity contribution >= 4 is 27.8 Å². The molecule has 3 rings (SSSR count). The number of carboxylic acid groups (broad SMARTS) is 1. The van der Waals surface area contributed by atoms with Gasteiger partial charge in [0, 0.05) is 36.0 Å². The van der Waals surface area contributed by atoms with Crippen molar-refractivity contribution in [3.05, 3.63) is 30.1 Å². The molecular weight excluding hydrogens is 421 g/mol. The summed E-state index contributed by atoms with van der Waals surface area (Å²) >= 11 is 1.86. The van der Waals surface area contributed by atoms with Crippen LogP contribution in [0.1, 0.15) is 18.9 Å². The maximum atomic E-state index is 11.8. The molecule has 0 aliphatic carbocycles. The number of pyridine rings is 1. The number of rotatable bonds is 5. The molecule has 0 radical (unpaired) electrons. The Morgan fingerprint density at radius 1 is 1.39 bits per heavy atom. The summed E-state index contributed by atoms with van der Waals surface area (Å²) in [5.74, 6) is -1.62. The van der Waals surface area contributed by atoms with Crippen LogP contribution in [0.3, 0.4) is 0 Å². The Hall–Kier alpha value is -1.37. The lowest BCUT2D eigenvalue weighted by atomic mass is 9.95. The number of ether oxygens (including phenoxy) is 1. The van der Waals surface area contributed by atoms with Crippen LogP contribution in [0.25, 0.3) is 0 Å². The zero-order valence-corrected chi connectivity index (χ0v) is 16.7. The number of aromatic nitrogens is 1. The van der Waals surface area contributed by atoms with Crippen molar-refractivity contribution < 1.29 is 36.2 Å². The first-order valence-corrected chi connectivity index (χ1v) is 11.0. The van der Waals surface area contributed by atoms with E-state index >= 15 is 0 Å². The highest BCUT2D eigenvalue weighted by Crippen LogP contribution is 2.47. The Balaban J connectivity index is 0.000000345. The number of hydrogen-bond acceptors (Lipinski definition) is 6. The van der Waals surface area contributed by atoms with Gasteiger partial charge in [0.15, 0.2) is 0 Å². The van der Waals surface area contributed by atoms with E-state index in [1.165, 1.54) is 0 Å². The van der Waals surface area contributed by atoms with Crippen LogP contribution < -0.4 is 0 Å². The van der Waals surface area contributed by atoms with Crippen molar-refractivity contribution in [2.24, 2.45) is 0 Å². The highest BCUT2D eigenvalue weighted by Gasteiger charge is 2.52. The van der Waals surface area contributed by atoms with Crippen molar-refractivity contribution in [1.82, 2.24) is 9.29 Å². The summed E-state index contributed by atoms with van der Waals surface area (Å²) in [5, 5.41) is 7.12. The monoisotopic (exact) mass is 442 g/mol. The molecular formula is C16H21F3N2O5S2. The third kappa shape index (κ3) is 6.06. The van der Waals surface area contributed by atoms with E-state index in [4.69, 9.17) is 14.6 Å². The van der Waals surface area contributed by atoms with Crippen LogP contribution in [0.4, 0.5) is 13.2 Å². The van der Waals surface area contributed by atoms with Gasteiger partial charge in [-0.1, -0.05) is 0 Å². The Labute approximate surface area is 165 Å². The lowest BCUT2D eigenvalue weighted by molar-refractivity contribution is -0.192. The normalized spacial score (nSPS) is 21.6. The van der Waals surface area contributed by atoms with Gasteiger partial charge in [-0.25, -0.2) is 13.2 Å². The number of nitrogens with zero attached hydrogens (tertiary/aromatic N) is 2. The number of hydrogen-bond donors (Lipinski definition) is 1. The van der Waals surface area contributed by atoms with Gasteiger partial charge in [0.25, 0.3) is 0 Å². The van der Waals surface area contributed by atoms with Crippen LogP contribution in [-0.4, -0.2) is 70.4 Å². The van der Waals surface area contributed by atoms with Gasteiger partial charge in [-0.2, -0.15) is 17.5 Å². The fraction of sp³-hybridized carbons (Fsp3) is 0.625. The molecule has 1 atom stereocenters. The molecule has 0 saturated carbocycles. The van der Waals surface area contributed by atoms with Crippen molar-refractivity contribution in [2.75, 3.05) is 24.6 Å². The molecule has 12 heteroatoms. The summed E-state index contributed by atoms with van der Waals surface area (Å²) in [6.07, 6.45) is -0.389. The average Bonchev–Trinajstić information content (AvgIpc) is 3.04. The van der Waals surface area contributed by atoms with Crippen molar-refractivity contribution in [3.63, 3.8) is 0 Å². The third-order valence-electron chi connectivity index (χ3n) is 4.34. The molecule has 1 N–H and O–H groups in total. The number of alkyl halides is 3. The van der Waals surface area contributed by atoms with Gasteiger partial charge >= 0.3 is 12.1 Å². The number of carboxylic acids is 1. The summed E-state index contributed by atoms with van der Waals surface area (Å²) < 4.78 is 63.0. The molecule has 0 aromatic carbocycles. The largest absolute Gasteiger partial charge is 0.490 e. The first-order chi connectivity index (χ1) is 13.0. The van der Waals surface area contributed by atoms with E-state index in [0.29, 0.717) is 19.7 Å². The molecule has 1 aromatic heterocycles. The van der Waals surface area contributed by atoms with Crippen molar-refractivity contribution in [3.8, 4) is 0 Å². The van der Waals surface area contributed by atoms with Gasteiger partial charge in [0.2, 0.25) is 10.0 Å². The average molecular weight is 442 g/mol. The molecule has 3 heterocycles. The predicted molar refractivity (Wildman–Crippen MR) is 97.3 cm³/mol. The van der Waals surface area contributed by atoms with Gasteiger partial charge in [0.05, 0.1) is 18.5 Å². The summed E-state index contributed by atoms with van der Waals surface area (Å²) in [6.45, 7) is 3.58. The molecule has 1 unspecified atom stereocenters. The van der Waals surface area contributed by atoms with Crippen LogP contribution in [0, 0.1) is 0 Å². The zero-order valence-electron chi connectivity index (χ0n) is 15.1. The molecule has 0 amide bonds. The Bertz CT molecular complexity index is 768. The molecule has 0 bridgehead atoms. The van der Waals surface area contributed by atoms with E-state index in [0.717, 1.165) is 17.7 Å². The van der Waals surface area contributed by atoms with E-state index in [9.17, 15) is 21.6 Å². The highest BCUT2D eigenvalue weighted by molar-refractivity contribution is 8.01. The Morgan fingerprint density at radius 3 is 2.46 bits per heavy atom. The van der Waals surface area contributed by atoms with Crippen molar-refractivity contribution in [1.29, 1.82) is 0 Å². The first kappa shape index (κ1) is 22.9. The highest BCUT2D eigenvalue weighted by atomic mass is 32.2. The fourth-order valence-corrected chi connectivity index (χ4v) is 5.77. The number of thioether (sulfide) groups is 1. The third-order valence-corrected chi connectivity index (χ3v) is 7.69. The number of sulfonamides is 1. The van der Waals surface area contributed by atoms with E-state index in [1.807, 2.05) is 23.9 Å².